The number of quaternary nitrogens is 1. The summed E-state index contributed by atoms with van der Waals surface area (Å²) in [5.41, 5.74) is 0. The van der Waals surface area contributed by atoms with Gasteiger partial charge in [-0.05, 0) is 89.5 Å². The number of likely N-dealkylation sites (N-methyl/N-ethyl adjacent to an activating group) is 1. The number of phosphoric acid groups is 1. The van der Waals surface area contributed by atoms with E-state index in [1.807, 2.05) is 33.3 Å². The van der Waals surface area contributed by atoms with Gasteiger partial charge in [0.2, 0.25) is 5.91 Å². The summed E-state index contributed by atoms with van der Waals surface area (Å²) in [6.07, 6.45) is 76.6. The van der Waals surface area contributed by atoms with Gasteiger partial charge in [-0.3, -0.25) is 14.2 Å². The smallest absolute Gasteiger partial charge is 0.306 e. The van der Waals surface area contributed by atoms with Crippen molar-refractivity contribution >= 4 is 19.7 Å². The first-order valence-corrected chi connectivity index (χ1v) is 36.4. The second-order valence-electron chi connectivity index (χ2n) is 25.0. The predicted molar refractivity (Wildman–Crippen MR) is 349 cm³/mol. The number of nitrogens with zero attached hydrogens (tertiary/aromatic N) is 1. The van der Waals surface area contributed by atoms with Crippen LogP contribution in [-0.2, 0) is 27.9 Å². The highest BCUT2D eigenvalue weighted by molar-refractivity contribution is 7.45. The average Bonchev–Trinajstić information content (AvgIpc) is 3.44. The molecule has 9 nitrogen and oxygen atoms in total. The first kappa shape index (κ1) is 79.0. The third kappa shape index (κ3) is 62.3. The Morgan fingerprint density at radius 3 is 1.16 bits per heavy atom. The number of nitrogens with one attached hydrogen (secondary N) is 1. The lowest BCUT2D eigenvalue weighted by Crippen LogP contribution is -2.47. The summed E-state index contributed by atoms with van der Waals surface area (Å²) in [6, 6.07) is -0.889. The first-order valence-electron chi connectivity index (χ1n) is 34.9. The highest BCUT2D eigenvalue weighted by atomic mass is 31.2. The molecule has 476 valence electrons. The molecule has 0 spiro atoms. The van der Waals surface area contributed by atoms with Crippen LogP contribution in [0.3, 0.4) is 0 Å². The maximum Gasteiger partial charge on any atom is 0.306 e. The van der Waals surface area contributed by atoms with Crippen LogP contribution in [0.25, 0.3) is 0 Å². The van der Waals surface area contributed by atoms with Crippen LogP contribution in [0.15, 0.2) is 48.6 Å². The molecule has 10 heteroatoms. The standard InChI is InChI=1S/C71H135N2O7P/c1-7-10-13-16-19-22-25-28-30-31-32-33-34-35-36-37-38-39-40-41-43-46-49-52-55-58-61-64-71(75)80-69(62-59-56-53-50-47-44-27-24-21-18-15-12-9-3)68(67-79-81(76,77)78-66-65-73(4,5)6)72-70(74)63-60-57-54-51-48-45-42-29-26-23-20-17-14-11-8-2/h19,22-23,26,28,30,59,62,68-69H,7-18,20-21,24-25,27,29,31-58,60-61,63-67H2,1-6H3,(H-,72,74,76,77)/b22-19-,26-23-,30-28-,62-59-. The Balaban J connectivity index is 5.02. The van der Waals surface area contributed by atoms with Crippen LogP contribution < -0.4 is 10.2 Å². The molecule has 0 aliphatic carbocycles. The molecule has 0 saturated carbocycles. The van der Waals surface area contributed by atoms with Crippen molar-refractivity contribution in [2.24, 2.45) is 0 Å². The van der Waals surface area contributed by atoms with Crippen molar-refractivity contribution in [2.45, 2.75) is 354 Å². The number of carbonyl (C=O) groups excluding carboxylic acids is 2. The Morgan fingerprint density at radius 1 is 0.432 bits per heavy atom. The molecule has 3 atom stereocenters. The van der Waals surface area contributed by atoms with Gasteiger partial charge >= 0.3 is 5.97 Å². The largest absolute Gasteiger partial charge is 0.756 e. The molecule has 0 aromatic rings. The summed E-state index contributed by atoms with van der Waals surface area (Å²) in [6.45, 7) is 6.85. The molecule has 0 aliphatic rings. The van der Waals surface area contributed by atoms with E-state index in [9.17, 15) is 19.0 Å². The zero-order valence-electron chi connectivity index (χ0n) is 54.5. The van der Waals surface area contributed by atoms with E-state index < -0.39 is 20.0 Å². The molecular weight excluding hydrogens is 1020 g/mol. The Labute approximate surface area is 503 Å². The summed E-state index contributed by atoms with van der Waals surface area (Å²) in [5, 5.41) is 3.04. The Hall–Kier alpha value is -2.03. The van der Waals surface area contributed by atoms with E-state index in [4.69, 9.17) is 13.8 Å². The zero-order chi connectivity index (χ0) is 59.3. The van der Waals surface area contributed by atoms with E-state index >= 15 is 0 Å². The molecule has 1 amide bonds. The number of phosphoric ester groups is 1. The van der Waals surface area contributed by atoms with Crippen molar-refractivity contribution in [1.29, 1.82) is 0 Å². The van der Waals surface area contributed by atoms with E-state index in [1.165, 1.54) is 231 Å². The van der Waals surface area contributed by atoms with Gasteiger partial charge in [0.05, 0.1) is 33.8 Å². The fourth-order valence-corrected chi connectivity index (χ4v) is 11.0. The number of ether oxygens (including phenoxy) is 1. The first-order chi connectivity index (χ1) is 39.4. The number of amides is 1. The second kappa shape index (κ2) is 61.1. The maximum atomic E-state index is 13.6. The van der Waals surface area contributed by atoms with Crippen LogP contribution >= 0.6 is 7.82 Å². The lowest BCUT2D eigenvalue weighted by molar-refractivity contribution is -0.870. The van der Waals surface area contributed by atoms with E-state index in [2.05, 4.69) is 62.5 Å². The van der Waals surface area contributed by atoms with Gasteiger partial charge in [0.1, 0.15) is 19.3 Å². The molecule has 0 rings (SSSR count). The van der Waals surface area contributed by atoms with Gasteiger partial charge in [-0.1, -0.05) is 288 Å². The van der Waals surface area contributed by atoms with E-state index in [1.54, 1.807) is 0 Å². The Bertz CT molecular complexity index is 1520. The third-order valence-electron chi connectivity index (χ3n) is 15.7. The van der Waals surface area contributed by atoms with Gasteiger partial charge in [0.15, 0.2) is 0 Å². The second-order valence-corrected chi connectivity index (χ2v) is 26.4. The predicted octanol–water partition coefficient (Wildman–Crippen LogP) is 21.4. The van der Waals surface area contributed by atoms with Crippen LogP contribution in [0.4, 0.5) is 0 Å². The van der Waals surface area contributed by atoms with Gasteiger partial charge in [-0.15, -0.1) is 0 Å². The minimum Gasteiger partial charge on any atom is -0.756 e. The molecule has 0 aliphatic heterocycles. The molecular formula is C71H135N2O7P. The minimum atomic E-state index is -4.70. The van der Waals surface area contributed by atoms with Gasteiger partial charge in [0.25, 0.3) is 7.82 Å². The van der Waals surface area contributed by atoms with E-state index in [0.29, 0.717) is 17.4 Å². The number of hydrogen-bond donors (Lipinski definition) is 1. The van der Waals surface area contributed by atoms with Crippen molar-refractivity contribution in [1.82, 2.24) is 5.32 Å². The van der Waals surface area contributed by atoms with Gasteiger partial charge in [0, 0.05) is 12.8 Å². The van der Waals surface area contributed by atoms with Crippen LogP contribution in [0.2, 0.25) is 0 Å². The molecule has 3 unspecified atom stereocenters. The lowest BCUT2D eigenvalue weighted by atomic mass is 10.0. The number of unbranched alkanes of at least 4 members (excludes halogenated alkanes) is 42. The molecule has 0 aromatic heterocycles. The van der Waals surface area contributed by atoms with E-state index in [0.717, 1.165) is 77.0 Å². The van der Waals surface area contributed by atoms with Gasteiger partial charge < -0.3 is 28.5 Å². The summed E-state index contributed by atoms with van der Waals surface area (Å²) >= 11 is 0. The van der Waals surface area contributed by atoms with Gasteiger partial charge in [-0.2, -0.15) is 0 Å². The third-order valence-corrected chi connectivity index (χ3v) is 16.7. The molecule has 1 N–H and O–H groups in total. The van der Waals surface area contributed by atoms with Gasteiger partial charge in [-0.25, -0.2) is 0 Å². The summed E-state index contributed by atoms with van der Waals surface area (Å²) in [5.74, 6) is -0.531. The lowest BCUT2D eigenvalue weighted by Gasteiger charge is -2.30. The highest BCUT2D eigenvalue weighted by Crippen LogP contribution is 2.38. The monoisotopic (exact) mass is 1160 g/mol. The van der Waals surface area contributed by atoms with Crippen molar-refractivity contribution < 1.29 is 37.3 Å². The number of hydrogen-bond acceptors (Lipinski definition) is 7. The Morgan fingerprint density at radius 2 is 0.753 bits per heavy atom. The van der Waals surface area contributed by atoms with Crippen molar-refractivity contribution in [3.63, 3.8) is 0 Å². The fraction of sp³-hybridized carbons (Fsp3) is 0.859. The number of rotatable bonds is 64. The Kier molecular flexibility index (Phi) is 59.5. The van der Waals surface area contributed by atoms with Crippen LogP contribution in [0, 0.1) is 0 Å². The summed E-state index contributed by atoms with van der Waals surface area (Å²) < 4.78 is 30.4. The molecule has 81 heavy (non-hydrogen) atoms. The normalized spacial score (nSPS) is 13.8. The fourth-order valence-electron chi connectivity index (χ4n) is 10.3. The van der Waals surface area contributed by atoms with Crippen LogP contribution in [0.1, 0.15) is 342 Å². The topological polar surface area (TPSA) is 114 Å². The number of allylic oxidation sites excluding steroid dienone is 7. The van der Waals surface area contributed by atoms with Crippen LogP contribution in [-0.4, -0.2) is 69.4 Å². The average molecular weight is 1160 g/mol. The molecule has 0 aromatic carbocycles. The maximum absolute atomic E-state index is 13.6. The SMILES string of the molecule is CCCCC/C=C\C/C=C\CCCCCCCCCCCCCCCCCCCC(=O)OC(/C=C\CCCCCCCCCCCCC)C(COP(=O)([O-])OCC[N+](C)(C)C)NC(=O)CCCCCCCCC/C=C\CCCCCC. The highest BCUT2D eigenvalue weighted by Gasteiger charge is 2.27. The quantitative estimate of drug-likeness (QED) is 0.0212. The minimum absolute atomic E-state index is 0.0215. The zero-order valence-corrected chi connectivity index (χ0v) is 55.4. The molecule has 0 saturated heterocycles. The number of esters is 1. The van der Waals surface area contributed by atoms with Crippen LogP contribution in [0.5, 0.6) is 0 Å². The summed E-state index contributed by atoms with van der Waals surface area (Å²) in [4.78, 5) is 40.1. The molecule has 0 heterocycles. The van der Waals surface area contributed by atoms with Crippen molar-refractivity contribution in [3.05, 3.63) is 48.6 Å². The molecule has 0 fully saturated rings. The molecule has 0 bridgehead atoms. The number of carbonyl (C=O) groups is 2. The summed E-state index contributed by atoms with van der Waals surface area (Å²) in [7, 11) is 1.19. The van der Waals surface area contributed by atoms with Crippen molar-refractivity contribution in [3.8, 4) is 0 Å². The van der Waals surface area contributed by atoms with Crippen molar-refractivity contribution in [2.75, 3.05) is 40.9 Å². The van der Waals surface area contributed by atoms with E-state index in [-0.39, 0.29) is 31.5 Å². The molecule has 0 radical (unpaired) electrons.